The highest BCUT2D eigenvalue weighted by atomic mass is 35.5. The normalized spacial score (nSPS) is 10.3. The van der Waals surface area contributed by atoms with Crippen molar-refractivity contribution in [3.8, 4) is 0 Å². The number of benzene rings is 1. The van der Waals surface area contributed by atoms with Crippen LogP contribution in [0.4, 0.5) is 5.69 Å². The Morgan fingerprint density at radius 1 is 1.47 bits per heavy atom. The standard InChI is InChI=1S/C12H16ClNO3/c1-17-7-5-14(4-6-15)12-8-11(13)3-2-10(12)9-16/h2-3,8-9,15H,4-7H2,1H3. The van der Waals surface area contributed by atoms with Gasteiger partial charge in [0.05, 0.1) is 13.2 Å². The summed E-state index contributed by atoms with van der Waals surface area (Å²) in [5.41, 5.74) is 1.28. The second-order valence-electron chi connectivity index (χ2n) is 3.52. The summed E-state index contributed by atoms with van der Waals surface area (Å²) in [7, 11) is 1.61. The summed E-state index contributed by atoms with van der Waals surface area (Å²) in [6.07, 6.45) is 0.781. The third-order valence-corrected chi connectivity index (χ3v) is 2.63. The Kier molecular flexibility index (Phi) is 5.97. The van der Waals surface area contributed by atoms with Crippen LogP contribution < -0.4 is 4.90 Å². The lowest BCUT2D eigenvalue weighted by Crippen LogP contribution is -2.31. The maximum atomic E-state index is 11.0. The van der Waals surface area contributed by atoms with E-state index in [4.69, 9.17) is 21.4 Å². The molecule has 0 radical (unpaired) electrons. The average Bonchev–Trinajstić information content (AvgIpc) is 2.34. The predicted molar refractivity (Wildman–Crippen MR) is 68.0 cm³/mol. The predicted octanol–water partition coefficient (Wildman–Crippen LogP) is 1.60. The van der Waals surface area contributed by atoms with Gasteiger partial charge in [-0.1, -0.05) is 11.6 Å². The van der Waals surface area contributed by atoms with E-state index in [0.29, 0.717) is 30.3 Å². The molecule has 5 heteroatoms. The summed E-state index contributed by atoms with van der Waals surface area (Å²) in [4.78, 5) is 12.8. The smallest absolute Gasteiger partial charge is 0.152 e. The lowest BCUT2D eigenvalue weighted by atomic mass is 10.1. The highest BCUT2D eigenvalue weighted by molar-refractivity contribution is 6.31. The van der Waals surface area contributed by atoms with Crippen molar-refractivity contribution in [1.82, 2.24) is 0 Å². The number of ether oxygens (including phenoxy) is 1. The van der Waals surface area contributed by atoms with Crippen molar-refractivity contribution in [2.45, 2.75) is 0 Å². The minimum Gasteiger partial charge on any atom is -0.395 e. The number of aliphatic hydroxyl groups excluding tert-OH is 1. The molecule has 0 aromatic heterocycles. The van der Waals surface area contributed by atoms with Crippen LogP contribution in [0.1, 0.15) is 10.4 Å². The van der Waals surface area contributed by atoms with Gasteiger partial charge in [-0.3, -0.25) is 4.79 Å². The number of hydrogen-bond acceptors (Lipinski definition) is 4. The molecule has 0 atom stereocenters. The minimum absolute atomic E-state index is 0.00846. The van der Waals surface area contributed by atoms with Crippen molar-refractivity contribution in [2.24, 2.45) is 0 Å². The molecule has 0 aliphatic heterocycles. The van der Waals surface area contributed by atoms with Crippen LogP contribution >= 0.6 is 11.6 Å². The van der Waals surface area contributed by atoms with Gasteiger partial charge in [0.2, 0.25) is 0 Å². The molecule has 0 heterocycles. The first-order valence-corrected chi connectivity index (χ1v) is 5.70. The van der Waals surface area contributed by atoms with Gasteiger partial charge < -0.3 is 14.7 Å². The summed E-state index contributed by atoms with van der Waals surface area (Å²) >= 11 is 5.92. The second-order valence-corrected chi connectivity index (χ2v) is 3.96. The van der Waals surface area contributed by atoms with Crippen LogP contribution in [-0.2, 0) is 4.74 Å². The van der Waals surface area contributed by atoms with Crippen LogP contribution in [0, 0.1) is 0 Å². The molecular weight excluding hydrogens is 242 g/mol. The van der Waals surface area contributed by atoms with E-state index in [1.807, 2.05) is 4.90 Å². The number of aliphatic hydroxyl groups is 1. The van der Waals surface area contributed by atoms with Crippen molar-refractivity contribution >= 4 is 23.6 Å². The topological polar surface area (TPSA) is 49.8 Å². The Bertz CT molecular complexity index is 371. The molecule has 1 N–H and O–H groups in total. The molecule has 0 fully saturated rings. The van der Waals surface area contributed by atoms with Crippen LogP contribution in [0.15, 0.2) is 18.2 Å². The molecule has 0 saturated carbocycles. The lowest BCUT2D eigenvalue weighted by Gasteiger charge is -2.25. The fourth-order valence-electron chi connectivity index (χ4n) is 1.57. The molecule has 0 bridgehead atoms. The fraction of sp³-hybridized carbons (Fsp3) is 0.417. The lowest BCUT2D eigenvalue weighted by molar-refractivity contribution is 0.112. The molecule has 94 valence electrons. The van der Waals surface area contributed by atoms with Gasteiger partial charge in [0, 0.05) is 36.5 Å². The monoisotopic (exact) mass is 257 g/mol. The molecule has 0 saturated heterocycles. The molecule has 17 heavy (non-hydrogen) atoms. The van der Waals surface area contributed by atoms with E-state index in [0.717, 1.165) is 12.0 Å². The Hall–Kier alpha value is -1.10. The highest BCUT2D eigenvalue weighted by Gasteiger charge is 2.11. The van der Waals surface area contributed by atoms with E-state index < -0.39 is 0 Å². The van der Waals surface area contributed by atoms with Gasteiger partial charge in [-0.2, -0.15) is 0 Å². The Labute approximate surface area is 106 Å². The minimum atomic E-state index is 0.00846. The SMILES string of the molecule is COCCN(CCO)c1cc(Cl)ccc1C=O. The van der Waals surface area contributed by atoms with E-state index >= 15 is 0 Å². The van der Waals surface area contributed by atoms with Crippen molar-refractivity contribution < 1.29 is 14.6 Å². The molecule has 0 aliphatic rings. The molecule has 1 aromatic carbocycles. The van der Waals surface area contributed by atoms with Crippen LogP contribution in [0.2, 0.25) is 5.02 Å². The van der Waals surface area contributed by atoms with Gasteiger partial charge in [-0.15, -0.1) is 0 Å². The molecule has 0 amide bonds. The number of aldehydes is 1. The molecular formula is C12H16ClNO3. The summed E-state index contributed by atoms with van der Waals surface area (Å²) < 4.78 is 5.00. The van der Waals surface area contributed by atoms with Crippen LogP contribution in [0.25, 0.3) is 0 Å². The number of methoxy groups -OCH3 is 1. The van der Waals surface area contributed by atoms with Crippen LogP contribution in [0.5, 0.6) is 0 Å². The number of carbonyl (C=O) groups excluding carboxylic acids is 1. The maximum absolute atomic E-state index is 11.0. The zero-order valence-electron chi connectivity index (χ0n) is 9.73. The summed E-state index contributed by atoms with van der Waals surface area (Å²) in [6.45, 7) is 1.56. The Morgan fingerprint density at radius 2 is 2.24 bits per heavy atom. The number of halogens is 1. The first kappa shape index (κ1) is 14.0. The third-order valence-electron chi connectivity index (χ3n) is 2.40. The Morgan fingerprint density at radius 3 is 2.82 bits per heavy atom. The summed E-state index contributed by atoms with van der Waals surface area (Å²) in [6, 6.07) is 5.06. The third kappa shape index (κ3) is 4.00. The number of anilines is 1. The van der Waals surface area contributed by atoms with Gasteiger partial charge >= 0.3 is 0 Å². The van der Waals surface area contributed by atoms with Gasteiger partial charge in [0.25, 0.3) is 0 Å². The second kappa shape index (κ2) is 7.27. The van der Waals surface area contributed by atoms with Crippen molar-refractivity contribution in [2.75, 3.05) is 38.3 Å². The van der Waals surface area contributed by atoms with Gasteiger partial charge in [0.15, 0.2) is 6.29 Å². The zero-order valence-corrected chi connectivity index (χ0v) is 10.5. The van der Waals surface area contributed by atoms with Gasteiger partial charge in [-0.25, -0.2) is 0 Å². The van der Waals surface area contributed by atoms with Gasteiger partial charge in [-0.05, 0) is 18.2 Å². The van der Waals surface area contributed by atoms with Crippen molar-refractivity contribution in [3.05, 3.63) is 28.8 Å². The van der Waals surface area contributed by atoms with E-state index in [1.54, 1.807) is 25.3 Å². The molecule has 4 nitrogen and oxygen atoms in total. The van der Waals surface area contributed by atoms with Gasteiger partial charge in [0.1, 0.15) is 0 Å². The van der Waals surface area contributed by atoms with Crippen molar-refractivity contribution in [1.29, 1.82) is 0 Å². The first-order valence-electron chi connectivity index (χ1n) is 5.32. The summed E-state index contributed by atoms with van der Waals surface area (Å²) in [5, 5.41) is 9.59. The van der Waals surface area contributed by atoms with E-state index in [2.05, 4.69) is 0 Å². The molecule has 0 spiro atoms. The number of rotatable bonds is 7. The first-order chi connectivity index (χ1) is 8.22. The number of hydrogen-bond donors (Lipinski definition) is 1. The number of carbonyl (C=O) groups is 1. The molecule has 1 rings (SSSR count). The van der Waals surface area contributed by atoms with E-state index in [-0.39, 0.29) is 6.61 Å². The molecule has 0 unspecified atom stereocenters. The van der Waals surface area contributed by atoms with Crippen LogP contribution in [-0.4, -0.2) is 44.8 Å². The molecule has 0 aliphatic carbocycles. The van der Waals surface area contributed by atoms with Crippen LogP contribution in [0.3, 0.4) is 0 Å². The molecule has 1 aromatic rings. The van der Waals surface area contributed by atoms with E-state index in [9.17, 15) is 4.79 Å². The van der Waals surface area contributed by atoms with Crippen molar-refractivity contribution in [3.63, 3.8) is 0 Å². The zero-order chi connectivity index (χ0) is 12.7. The Balaban J connectivity index is 2.97. The summed E-state index contributed by atoms with van der Waals surface area (Å²) in [5.74, 6) is 0. The van der Waals surface area contributed by atoms with E-state index in [1.165, 1.54) is 0 Å². The fourth-order valence-corrected chi connectivity index (χ4v) is 1.73. The quantitative estimate of drug-likeness (QED) is 0.754. The average molecular weight is 258 g/mol. The maximum Gasteiger partial charge on any atom is 0.152 e. The number of nitrogens with zero attached hydrogens (tertiary/aromatic N) is 1. The highest BCUT2D eigenvalue weighted by Crippen LogP contribution is 2.23. The largest absolute Gasteiger partial charge is 0.395 e.